The molecule has 0 fully saturated rings. The van der Waals surface area contributed by atoms with Crippen LogP contribution in [0.2, 0.25) is 0 Å². The van der Waals surface area contributed by atoms with Gasteiger partial charge in [-0.15, -0.1) is 0 Å². The van der Waals surface area contributed by atoms with E-state index in [1.54, 1.807) is 0 Å². The number of hydrogen-bond acceptors (Lipinski definition) is 5. The molecule has 0 saturated heterocycles. The molecule has 0 aromatic rings. The van der Waals surface area contributed by atoms with E-state index in [-0.39, 0.29) is 0 Å². The van der Waals surface area contributed by atoms with Crippen molar-refractivity contribution in [3.63, 3.8) is 0 Å². The van der Waals surface area contributed by atoms with Gasteiger partial charge in [-0.1, -0.05) is 0 Å². The van der Waals surface area contributed by atoms with Crippen LogP contribution in [0.3, 0.4) is 0 Å². The van der Waals surface area contributed by atoms with E-state index >= 15 is 0 Å². The molecule has 70 valence electrons. The molecule has 0 unspecified atom stereocenters. The summed E-state index contributed by atoms with van der Waals surface area (Å²) in [5, 5.41) is 41.9. The Morgan fingerprint density at radius 3 is 1.25 bits per heavy atom. The first kappa shape index (κ1) is 10.8. The summed E-state index contributed by atoms with van der Waals surface area (Å²) in [4.78, 5) is 19.9. The van der Waals surface area contributed by atoms with Crippen LogP contribution in [-0.4, -0.2) is 55.8 Å². The number of aliphatic hydroxyl groups excluding tert-OH is 3. The van der Waals surface area contributed by atoms with Crippen molar-refractivity contribution in [1.82, 2.24) is 0 Å². The Balaban J connectivity index is 4.28. The lowest BCUT2D eigenvalue weighted by molar-refractivity contribution is -0.167. The van der Waals surface area contributed by atoms with Crippen LogP contribution in [0.4, 0.5) is 0 Å². The second-order valence-electron chi connectivity index (χ2n) is 2.06. The van der Waals surface area contributed by atoms with Crippen LogP contribution in [0.25, 0.3) is 0 Å². The molecule has 0 aliphatic rings. The van der Waals surface area contributed by atoms with Gasteiger partial charge in [0.05, 0.1) is 0 Å². The molecule has 2 atom stereocenters. The van der Waals surface area contributed by atoms with Gasteiger partial charge in [-0.25, -0.2) is 9.59 Å². The number of carboxylic acid groups (broad SMARTS) is 2. The van der Waals surface area contributed by atoms with Crippen LogP contribution in [0, 0.1) is 0 Å². The minimum absolute atomic E-state index is 1.80. The third-order valence-electron chi connectivity index (χ3n) is 1.15. The van der Waals surface area contributed by atoms with Crippen molar-refractivity contribution < 1.29 is 35.1 Å². The number of aliphatic carboxylic acids is 2. The fraction of sp³-hybridized carbons (Fsp3) is 0.600. The molecule has 0 radical (unpaired) electrons. The van der Waals surface area contributed by atoms with Gasteiger partial charge in [0.15, 0.2) is 12.2 Å². The SMILES string of the molecule is O=C(O)[C@H](O)C(O)[C@@H](O)C(=O)O. The maximum Gasteiger partial charge on any atom is 0.335 e. The molecular formula is C5H8O7. The van der Waals surface area contributed by atoms with E-state index in [1.807, 2.05) is 0 Å². The van der Waals surface area contributed by atoms with Crippen LogP contribution in [0.1, 0.15) is 0 Å². The van der Waals surface area contributed by atoms with E-state index in [0.29, 0.717) is 0 Å². The Morgan fingerprint density at radius 1 is 0.833 bits per heavy atom. The summed E-state index contributed by atoms with van der Waals surface area (Å²) >= 11 is 0. The molecule has 7 heteroatoms. The predicted octanol–water partition coefficient (Wildman–Crippen LogP) is -2.76. The van der Waals surface area contributed by atoms with E-state index < -0.39 is 30.3 Å². The highest BCUT2D eigenvalue weighted by Crippen LogP contribution is 2.00. The van der Waals surface area contributed by atoms with Crippen molar-refractivity contribution in [2.75, 3.05) is 0 Å². The number of carbonyl (C=O) groups is 2. The van der Waals surface area contributed by atoms with Gasteiger partial charge in [0.2, 0.25) is 0 Å². The summed E-state index contributed by atoms with van der Waals surface area (Å²) in [5.74, 6) is -3.61. The van der Waals surface area contributed by atoms with Crippen LogP contribution in [0.5, 0.6) is 0 Å². The highest BCUT2D eigenvalue weighted by atomic mass is 16.4. The second kappa shape index (κ2) is 4.00. The summed E-state index contributed by atoms with van der Waals surface area (Å²) in [6, 6.07) is 0. The summed E-state index contributed by atoms with van der Waals surface area (Å²) in [6.45, 7) is 0. The zero-order chi connectivity index (χ0) is 9.89. The highest BCUT2D eigenvalue weighted by molar-refractivity contribution is 5.77. The molecular weight excluding hydrogens is 172 g/mol. The summed E-state index contributed by atoms with van der Waals surface area (Å²) < 4.78 is 0. The Labute approximate surface area is 66.5 Å². The van der Waals surface area contributed by atoms with Gasteiger partial charge >= 0.3 is 11.9 Å². The van der Waals surface area contributed by atoms with Crippen LogP contribution in [-0.2, 0) is 9.59 Å². The second-order valence-corrected chi connectivity index (χ2v) is 2.06. The summed E-state index contributed by atoms with van der Waals surface area (Å²) in [6.07, 6.45) is -6.85. The van der Waals surface area contributed by atoms with E-state index in [0.717, 1.165) is 0 Å². The van der Waals surface area contributed by atoms with Crippen LogP contribution >= 0.6 is 0 Å². The lowest BCUT2D eigenvalue weighted by Crippen LogP contribution is -2.45. The molecule has 0 amide bonds. The van der Waals surface area contributed by atoms with Gasteiger partial charge in [0.25, 0.3) is 0 Å². The molecule has 0 aliphatic heterocycles. The zero-order valence-electron chi connectivity index (χ0n) is 5.78. The number of hydrogen-bond donors (Lipinski definition) is 5. The molecule has 12 heavy (non-hydrogen) atoms. The van der Waals surface area contributed by atoms with Gasteiger partial charge in [0.1, 0.15) is 6.10 Å². The van der Waals surface area contributed by atoms with Crippen molar-refractivity contribution in [2.24, 2.45) is 0 Å². The fourth-order valence-corrected chi connectivity index (χ4v) is 0.465. The Bertz CT molecular complexity index is 168. The molecule has 0 heterocycles. The summed E-state index contributed by atoms with van der Waals surface area (Å²) in [7, 11) is 0. The predicted molar refractivity (Wildman–Crippen MR) is 33.3 cm³/mol. The standard InChI is InChI=1S/C5H8O7/c6-1(2(7)4(9)10)3(8)5(11)12/h1-3,6-8H,(H,9,10)(H,11,12)/t2-,3-/m1/s1. The lowest BCUT2D eigenvalue weighted by Gasteiger charge is -2.16. The van der Waals surface area contributed by atoms with Gasteiger partial charge < -0.3 is 25.5 Å². The molecule has 0 bridgehead atoms. The van der Waals surface area contributed by atoms with Crippen molar-refractivity contribution in [3.8, 4) is 0 Å². The van der Waals surface area contributed by atoms with E-state index in [1.165, 1.54) is 0 Å². The summed E-state index contributed by atoms with van der Waals surface area (Å²) in [5.41, 5.74) is 0. The quantitative estimate of drug-likeness (QED) is 0.316. The molecule has 0 spiro atoms. The zero-order valence-corrected chi connectivity index (χ0v) is 5.78. The van der Waals surface area contributed by atoms with Gasteiger partial charge in [-0.05, 0) is 0 Å². The fourth-order valence-electron chi connectivity index (χ4n) is 0.465. The van der Waals surface area contributed by atoms with E-state index in [4.69, 9.17) is 25.5 Å². The third-order valence-corrected chi connectivity index (χ3v) is 1.15. The first-order valence-electron chi connectivity index (χ1n) is 2.87. The van der Waals surface area contributed by atoms with Crippen molar-refractivity contribution >= 4 is 11.9 Å². The van der Waals surface area contributed by atoms with Crippen LogP contribution in [0.15, 0.2) is 0 Å². The largest absolute Gasteiger partial charge is 0.479 e. The minimum Gasteiger partial charge on any atom is -0.479 e. The van der Waals surface area contributed by atoms with Crippen molar-refractivity contribution in [2.45, 2.75) is 18.3 Å². The van der Waals surface area contributed by atoms with E-state index in [2.05, 4.69) is 0 Å². The average molecular weight is 180 g/mol. The first-order chi connectivity index (χ1) is 5.37. The maximum absolute atomic E-state index is 9.95. The molecule has 0 aromatic heterocycles. The molecule has 5 N–H and O–H groups in total. The topological polar surface area (TPSA) is 135 Å². The number of rotatable bonds is 4. The molecule has 0 aliphatic carbocycles. The number of aliphatic hydroxyl groups is 3. The smallest absolute Gasteiger partial charge is 0.335 e. The van der Waals surface area contributed by atoms with Crippen molar-refractivity contribution in [1.29, 1.82) is 0 Å². The third kappa shape index (κ3) is 2.46. The Hall–Kier alpha value is -1.18. The van der Waals surface area contributed by atoms with Gasteiger partial charge in [-0.2, -0.15) is 0 Å². The lowest BCUT2D eigenvalue weighted by atomic mass is 10.1. The van der Waals surface area contributed by atoms with Crippen molar-refractivity contribution in [3.05, 3.63) is 0 Å². The normalized spacial score (nSPS) is 15.7. The highest BCUT2D eigenvalue weighted by Gasteiger charge is 2.34. The number of carboxylic acids is 2. The maximum atomic E-state index is 9.95. The molecule has 7 nitrogen and oxygen atoms in total. The Kier molecular flexibility index (Phi) is 3.61. The minimum atomic E-state index is -2.31. The van der Waals surface area contributed by atoms with Crippen LogP contribution < -0.4 is 0 Å². The molecule has 0 saturated carbocycles. The Morgan fingerprint density at radius 2 is 1.08 bits per heavy atom. The van der Waals surface area contributed by atoms with E-state index in [9.17, 15) is 9.59 Å². The first-order valence-corrected chi connectivity index (χ1v) is 2.87. The monoisotopic (exact) mass is 180 g/mol. The molecule has 0 rings (SSSR count). The van der Waals surface area contributed by atoms with Gasteiger partial charge in [-0.3, -0.25) is 0 Å². The molecule has 0 aromatic carbocycles. The average Bonchev–Trinajstić information content (AvgIpc) is 2.00. The van der Waals surface area contributed by atoms with Gasteiger partial charge in [0, 0.05) is 0 Å².